The molecule has 20 heavy (non-hydrogen) atoms. The molecule has 1 heterocycles. The molecular formula is C15H19NO3S. The van der Waals surface area contributed by atoms with Crippen LogP contribution >= 0.6 is 0 Å². The van der Waals surface area contributed by atoms with E-state index in [4.69, 9.17) is 8.74 Å². The van der Waals surface area contributed by atoms with Crippen molar-refractivity contribution in [1.29, 1.82) is 0 Å². The fourth-order valence-corrected chi connectivity index (χ4v) is 2.88. The van der Waals surface area contributed by atoms with E-state index in [1.807, 2.05) is 26.0 Å². The molecule has 0 amide bonds. The predicted octanol–water partition coefficient (Wildman–Crippen LogP) is 3.48. The van der Waals surface area contributed by atoms with Gasteiger partial charge in [0.2, 0.25) is 0 Å². The van der Waals surface area contributed by atoms with Crippen LogP contribution in [0.25, 0.3) is 0 Å². The highest BCUT2D eigenvalue weighted by atomic mass is 32.2. The van der Waals surface area contributed by atoms with Crippen molar-refractivity contribution < 1.29 is 12.9 Å². The number of rotatable bonds is 3. The maximum atomic E-state index is 10.9. The number of hydrogen-bond donors (Lipinski definition) is 2. The monoisotopic (exact) mass is 293 g/mol. The highest BCUT2D eigenvalue weighted by molar-refractivity contribution is 7.74. The summed E-state index contributed by atoms with van der Waals surface area (Å²) in [6, 6.07) is 7.36. The Balaban J connectivity index is 2.54. The maximum Gasteiger partial charge on any atom is 0.357 e. The molecule has 5 heteroatoms. The first-order valence-electron chi connectivity index (χ1n) is 6.41. The largest absolute Gasteiger partial charge is 0.380 e. The summed E-state index contributed by atoms with van der Waals surface area (Å²) < 4.78 is 25.0. The van der Waals surface area contributed by atoms with Crippen LogP contribution in [0.15, 0.2) is 46.8 Å². The van der Waals surface area contributed by atoms with Crippen molar-refractivity contribution in [2.24, 2.45) is 0 Å². The average Bonchev–Trinajstić information content (AvgIpc) is 2.38. The number of para-hydroxylation sites is 1. The zero-order valence-electron chi connectivity index (χ0n) is 12.1. The highest BCUT2D eigenvalue weighted by Crippen LogP contribution is 2.41. The first kappa shape index (κ1) is 14.8. The van der Waals surface area contributed by atoms with Crippen LogP contribution in [0, 0.1) is 0 Å². The van der Waals surface area contributed by atoms with E-state index in [2.05, 4.69) is 19.2 Å². The van der Waals surface area contributed by atoms with E-state index in [0.717, 1.165) is 17.0 Å². The molecule has 1 aromatic carbocycles. The Morgan fingerprint density at radius 1 is 1.10 bits per heavy atom. The van der Waals surface area contributed by atoms with Crippen LogP contribution in [-0.2, 0) is 11.4 Å². The zero-order chi connectivity index (χ0) is 14.9. The Morgan fingerprint density at radius 2 is 1.65 bits per heavy atom. The summed E-state index contributed by atoms with van der Waals surface area (Å²) in [6.07, 6.45) is 0. The molecule has 2 rings (SSSR count). The lowest BCUT2D eigenvalue weighted by atomic mass is 9.82. The smallest absolute Gasteiger partial charge is 0.357 e. The normalized spacial score (nSPS) is 18.1. The van der Waals surface area contributed by atoms with Gasteiger partial charge in [0.25, 0.3) is 0 Å². The van der Waals surface area contributed by atoms with Crippen molar-refractivity contribution in [3.63, 3.8) is 0 Å². The van der Waals surface area contributed by atoms with Gasteiger partial charge in [-0.05, 0) is 44.9 Å². The summed E-state index contributed by atoms with van der Waals surface area (Å²) in [7, 11) is 0. The summed E-state index contributed by atoms with van der Waals surface area (Å²) in [5.74, 6) is 0.510. The summed E-state index contributed by atoms with van der Waals surface area (Å²) in [4.78, 5) is 0. The number of hydrogen-bond acceptors (Lipinski definition) is 3. The Bertz CT molecular complexity index is 595. The molecule has 2 N–H and O–H groups in total. The zero-order valence-corrected chi connectivity index (χ0v) is 12.9. The quantitative estimate of drug-likeness (QED) is 0.838. The van der Waals surface area contributed by atoms with E-state index in [9.17, 15) is 4.21 Å². The van der Waals surface area contributed by atoms with Gasteiger partial charge >= 0.3 is 11.4 Å². The number of allylic oxidation sites excluding steroid dienone is 4. The molecule has 0 radical (unpaired) electrons. The van der Waals surface area contributed by atoms with Gasteiger partial charge in [0.1, 0.15) is 5.75 Å². The first-order valence-corrected chi connectivity index (χ1v) is 7.45. The molecule has 0 aliphatic carbocycles. The minimum atomic E-state index is -2.32. The van der Waals surface area contributed by atoms with Crippen molar-refractivity contribution in [3.05, 3.63) is 52.4 Å². The van der Waals surface area contributed by atoms with Crippen molar-refractivity contribution in [3.8, 4) is 5.75 Å². The van der Waals surface area contributed by atoms with Gasteiger partial charge in [0, 0.05) is 22.9 Å². The average molecular weight is 293 g/mol. The van der Waals surface area contributed by atoms with Crippen molar-refractivity contribution in [2.45, 2.75) is 33.6 Å². The van der Waals surface area contributed by atoms with Crippen LogP contribution in [0.1, 0.15) is 39.2 Å². The Morgan fingerprint density at radius 3 is 2.20 bits per heavy atom. The van der Waals surface area contributed by atoms with E-state index in [0.29, 0.717) is 5.75 Å². The molecule has 1 aliphatic heterocycles. The number of nitrogens with one attached hydrogen (secondary N) is 1. The molecular weight excluding hydrogens is 274 g/mol. The molecule has 1 atom stereocenters. The van der Waals surface area contributed by atoms with Gasteiger partial charge in [-0.25, -0.2) is 0 Å². The van der Waals surface area contributed by atoms with E-state index < -0.39 is 11.4 Å². The SMILES string of the molecule is CC1=C(C)C(c2ccccc2OS(=O)O)C(C)=C(C)N1. The predicted molar refractivity (Wildman–Crippen MR) is 80.5 cm³/mol. The van der Waals surface area contributed by atoms with Gasteiger partial charge in [0.05, 0.1) is 0 Å². The molecule has 108 valence electrons. The van der Waals surface area contributed by atoms with Crippen molar-refractivity contribution >= 4 is 11.4 Å². The van der Waals surface area contributed by atoms with Gasteiger partial charge in [-0.1, -0.05) is 18.2 Å². The van der Waals surface area contributed by atoms with Crippen LogP contribution in [0.2, 0.25) is 0 Å². The van der Waals surface area contributed by atoms with Crippen LogP contribution in [0.3, 0.4) is 0 Å². The highest BCUT2D eigenvalue weighted by Gasteiger charge is 2.26. The van der Waals surface area contributed by atoms with Gasteiger partial charge in [0.15, 0.2) is 0 Å². The minimum Gasteiger partial charge on any atom is -0.380 e. The number of benzene rings is 1. The molecule has 1 aliphatic rings. The van der Waals surface area contributed by atoms with Gasteiger partial charge in [-0.15, -0.1) is 0 Å². The lowest BCUT2D eigenvalue weighted by Gasteiger charge is -2.30. The topological polar surface area (TPSA) is 58.6 Å². The molecule has 0 saturated carbocycles. The molecule has 0 spiro atoms. The first-order chi connectivity index (χ1) is 9.41. The maximum absolute atomic E-state index is 10.9. The Labute approximate surface area is 122 Å². The van der Waals surface area contributed by atoms with Crippen LogP contribution < -0.4 is 9.50 Å². The third-order valence-electron chi connectivity index (χ3n) is 3.82. The summed E-state index contributed by atoms with van der Waals surface area (Å²) in [5, 5.41) is 3.35. The molecule has 4 nitrogen and oxygen atoms in total. The van der Waals surface area contributed by atoms with Crippen LogP contribution in [-0.4, -0.2) is 8.76 Å². The standard InChI is InChI=1S/C15H19NO3S/c1-9-11(3)16-12(4)10(2)15(9)13-7-5-6-8-14(13)19-20(17)18/h5-8,15-16H,1-4H3,(H,17,18). The van der Waals surface area contributed by atoms with E-state index >= 15 is 0 Å². The second-order valence-corrected chi connectivity index (χ2v) is 5.61. The van der Waals surface area contributed by atoms with Gasteiger partial charge < -0.3 is 9.50 Å². The fraction of sp³-hybridized carbons (Fsp3) is 0.333. The third-order valence-corrected chi connectivity index (χ3v) is 4.14. The van der Waals surface area contributed by atoms with Crippen molar-refractivity contribution in [1.82, 2.24) is 5.32 Å². The summed E-state index contributed by atoms with van der Waals surface area (Å²) in [6.45, 7) is 8.20. The van der Waals surface area contributed by atoms with E-state index in [1.54, 1.807) is 12.1 Å². The van der Waals surface area contributed by atoms with Crippen LogP contribution in [0.4, 0.5) is 0 Å². The van der Waals surface area contributed by atoms with E-state index in [1.165, 1.54) is 11.1 Å². The second kappa shape index (κ2) is 5.81. The number of dihydropyridines is 1. The lowest BCUT2D eigenvalue weighted by molar-refractivity contribution is 0.454. The molecule has 1 aromatic rings. The minimum absolute atomic E-state index is 0.0657. The molecule has 1 unspecified atom stereocenters. The van der Waals surface area contributed by atoms with Gasteiger partial charge in [-0.3, -0.25) is 4.55 Å². The third kappa shape index (κ3) is 2.78. The molecule has 0 bridgehead atoms. The molecule has 0 aromatic heterocycles. The Hall–Kier alpha value is -1.59. The summed E-state index contributed by atoms with van der Waals surface area (Å²) >= 11 is -2.32. The molecule has 0 saturated heterocycles. The van der Waals surface area contributed by atoms with Crippen molar-refractivity contribution in [2.75, 3.05) is 0 Å². The lowest BCUT2D eigenvalue weighted by Crippen LogP contribution is -2.22. The Kier molecular flexibility index (Phi) is 4.30. The molecule has 0 fully saturated rings. The second-order valence-electron chi connectivity index (χ2n) is 5.01. The fourth-order valence-electron chi connectivity index (χ4n) is 2.57. The van der Waals surface area contributed by atoms with Crippen LogP contribution in [0.5, 0.6) is 5.75 Å². The van der Waals surface area contributed by atoms with E-state index in [-0.39, 0.29) is 5.92 Å². The summed E-state index contributed by atoms with van der Waals surface area (Å²) in [5.41, 5.74) is 5.50. The van der Waals surface area contributed by atoms with Gasteiger partial charge in [-0.2, -0.15) is 4.21 Å².